The molecule has 0 bridgehead atoms. The lowest BCUT2D eigenvalue weighted by molar-refractivity contribution is 0.436. The molecule has 0 spiro atoms. The molecule has 21 heavy (non-hydrogen) atoms. The van der Waals surface area contributed by atoms with E-state index in [1.165, 1.54) is 5.56 Å². The highest BCUT2D eigenvalue weighted by atomic mass is 127. The summed E-state index contributed by atoms with van der Waals surface area (Å²) in [5.41, 5.74) is 10.0. The Bertz CT molecular complexity index is 814. The average Bonchev–Trinajstić information content (AvgIpc) is 2.83. The van der Waals surface area contributed by atoms with Gasteiger partial charge in [-0.25, -0.2) is 0 Å². The Labute approximate surface area is 144 Å². The van der Waals surface area contributed by atoms with Gasteiger partial charge in [0, 0.05) is 13.6 Å². The van der Waals surface area contributed by atoms with E-state index in [2.05, 4.69) is 62.7 Å². The van der Waals surface area contributed by atoms with Crippen molar-refractivity contribution >= 4 is 44.3 Å². The van der Waals surface area contributed by atoms with Crippen LogP contribution in [0.2, 0.25) is 0 Å². The molecule has 5 heteroatoms. The van der Waals surface area contributed by atoms with Crippen molar-refractivity contribution in [3.05, 3.63) is 56.1 Å². The topological polar surface area (TPSA) is 52.0 Å². The van der Waals surface area contributed by atoms with E-state index in [0.29, 0.717) is 11.6 Å². The Hall–Kier alpha value is -1.34. The number of nitrogens with zero attached hydrogens (tertiary/aromatic N) is 1. The number of aromatic nitrogens is 1. The third kappa shape index (κ3) is 2.85. The summed E-state index contributed by atoms with van der Waals surface area (Å²) in [5, 5.41) is 3.95. The standard InChI is InChI=1S/C16H12BrIN2O/c1-9-3-2-4-10(7-9)14-15(21-20-16(14)19)12-8-11(17)5-6-13(12)18/h2-8H,1H3,(H2,19,20). The van der Waals surface area contributed by atoms with Crippen LogP contribution >= 0.6 is 38.5 Å². The molecule has 2 aromatic carbocycles. The van der Waals surface area contributed by atoms with E-state index in [0.717, 1.165) is 24.7 Å². The SMILES string of the molecule is Cc1cccc(-c2c(N)noc2-c2cc(Br)ccc2I)c1. The van der Waals surface area contributed by atoms with E-state index in [1.807, 2.05) is 30.3 Å². The maximum Gasteiger partial charge on any atom is 0.178 e. The quantitative estimate of drug-likeness (QED) is 0.537. The van der Waals surface area contributed by atoms with Gasteiger partial charge in [0.1, 0.15) is 0 Å². The fraction of sp³-hybridized carbons (Fsp3) is 0.0625. The van der Waals surface area contributed by atoms with Gasteiger partial charge in [0.05, 0.1) is 5.56 Å². The molecular weight excluding hydrogens is 443 g/mol. The average molecular weight is 455 g/mol. The summed E-state index contributed by atoms with van der Waals surface area (Å²) in [6.07, 6.45) is 0. The van der Waals surface area contributed by atoms with Gasteiger partial charge < -0.3 is 10.3 Å². The first-order valence-corrected chi connectivity index (χ1v) is 8.21. The second-order valence-electron chi connectivity index (χ2n) is 4.77. The maximum atomic E-state index is 6.03. The predicted octanol–water partition coefficient (Wildman–Crippen LogP) is 5.27. The van der Waals surface area contributed by atoms with Crippen LogP contribution in [0.4, 0.5) is 5.82 Å². The van der Waals surface area contributed by atoms with Gasteiger partial charge in [-0.2, -0.15) is 0 Å². The van der Waals surface area contributed by atoms with Crippen LogP contribution in [0, 0.1) is 10.5 Å². The Morgan fingerprint density at radius 1 is 1.19 bits per heavy atom. The van der Waals surface area contributed by atoms with Gasteiger partial charge in [-0.3, -0.25) is 0 Å². The lowest BCUT2D eigenvalue weighted by atomic mass is 10.0. The number of nitrogen functional groups attached to an aromatic ring is 1. The molecule has 106 valence electrons. The lowest BCUT2D eigenvalue weighted by Gasteiger charge is -2.06. The molecule has 0 saturated heterocycles. The Kier molecular flexibility index (Phi) is 4.03. The van der Waals surface area contributed by atoms with Crippen molar-refractivity contribution in [2.45, 2.75) is 6.92 Å². The molecule has 2 N–H and O–H groups in total. The fourth-order valence-corrected chi connectivity index (χ4v) is 3.18. The van der Waals surface area contributed by atoms with E-state index in [4.69, 9.17) is 10.3 Å². The van der Waals surface area contributed by atoms with Gasteiger partial charge >= 0.3 is 0 Å². The van der Waals surface area contributed by atoms with Gasteiger partial charge in [0.15, 0.2) is 11.6 Å². The molecule has 3 nitrogen and oxygen atoms in total. The zero-order valence-corrected chi connectivity index (χ0v) is 15.0. The van der Waals surface area contributed by atoms with E-state index >= 15 is 0 Å². The number of aryl methyl sites for hydroxylation is 1. The number of hydrogen-bond donors (Lipinski definition) is 1. The molecule has 3 rings (SSSR count). The number of benzene rings is 2. The fourth-order valence-electron chi connectivity index (χ4n) is 2.24. The molecular formula is C16H12BrIN2O. The molecule has 0 amide bonds. The molecule has 0 aliphatic carbocycles. The highest BCUT2D eigenvalue weighted by Crippen LogP contribution is 2.39. The Morgan fingerprint density at radius 3 is 2.76 bits per heavy atom. The van der Waals surface area contributed by atoms with Crippen molar-refractivity contribution in [2.75, 3.05) is 5.73 Å². The van der Waals surface area contributed by atoms with Crippen LogP contribution in [0.3, 0.4) is 0 Å². The Morgan fingerprint density at radius 2 is 2.00 bits per heavy atom. The number of hydrogen-bond acceptors (Lipinski definition) is 3. The van der Waals surface area contributed by atoms with Gasteiger partial charge in [0.25, 0.3) is 0 Å². The number of rotatable bonds is 2. The third-order valence-electron chi connectivity index (χ3n) is 3.20. The first kappa shape index (κ1) is 14.6. The van der Waals surface area contributed by atoms with Crippen LogP contribution < -0.4 is 5.73 Å². The van der Waals surface area contributed by atoms with Crippen molar-refractivity contribution in [3.63, 3.8) is 0 Å². The van der Waals surface area contributed by atoms with E-state index < -0.39 is 0 Å². The minimum atomic E-state index is 0.409. The normalized spacial score (nSPS) is 10.8. The largest absolute Gasteiger partial charge is 0.380 e. The van der Waals surface area contributed by atoms with Crippen LogP contribution in [0.5, 0.6) is 0 Å². The molecule has 0 radical (unpaired) electrons. The molecule has 0 aliphatic rings. The van der Waals surface area contributed by atoms with Gasteiger partial charge in [-0.05, 0) is 53.3 Å². The van der Waals surface area contributed by atoms with Crippen molar-refractivity contribution in [1.29, 1.82) is 0 Å². The summed E-state index contributed by atoms with van der Waals surface area (Å²) in [6, 6.07) is 14.2. The van der Waals surface area contributed by atoms with Crippen LogP contribution in [-0.4, -0.2) is 5.16 Å². The highest BCUT2D eigenvalue weighted by molar-refractivity contribution is 14.1. The zero-order valence-electron chi connectivity index (χ0n) is 11.2. The molecule has 0 aliphatic heterocycles. The summed E-state index contributed by atoms with van der Waals surface area (Å²) in [7, 11) is 0. The first-order valence-electron chi connectivity index (χ1n) is 6.34. The van der Waals surface area contributed by atoms with Crippen molar-refractivity contribution < 1.29 is 4.52 Å². The third-order valence-corrected chi connectivity index (χ3v) is 4.63. The minimum Gasteiger partial charge on any atom is -0.380 e. The van der Waals surface area contributed by atoms with Crippen LogP contribution in [0.1, 0.15) is 5.56 Å². The van der Waals surface area contributed by atoms with E-state index in [9.17, 15) is 0 Å². The molecule has 0 unspecified atom stereocenters. The first-order chi connectivity index (χ1) is 10.1. The van der Waals surface area contributed by atoms with Gasteiger partial charge in [-0.15, -0.1) is 0 Å². The maximum absolute atomic E-state index is 6.03. The summed E-state index contributed by atoms with van der Waals surface area (Å²) < 4.78 is 7.58. The monoisotopic (exact) mass is 454 g/mol. The molecule has 1 heterocycles. The van der Waals surface area contributed by atoms with Crippen LogP contribution in [0.15, 0.2) is 51.5 Å². The second kappa shape index (κ2) is 5.81. The minimum absolute atomic E-state index is 0.409. The Balaban J connectivity index is 2.24. The summed E-state index contributed by atoms with van der Waals surface area (Å²) in [6.45, 7) is 2.05. The molecule has 3 aromatic rings. The molecule has 1 aromatic heterocycles. The summed E-state index contributed by atoms with van der Waals surface area (Å²) in [4.78, 5) is 0. The van der Waals surface area contributed by atoms with E-state index in [-0.39, 0.29) is 0 Å². The predicted molar refractivity (Wildman–Crippen MR) is 96.9 cm³/mol. The highest BCUT2D eigenvalue weighted by Gasteiger charge is 2.19. The zero-order chi connectivity index (χ0) is 15.0. The van der Waals surface area contributed by atoms with Crippen LogP contribution in [-0.2, 0) is 0 Å². The van der Waals surface area contributed by atoms with Crippen molar-refractivity contribution in [1.82, 2.24) is 5.16 Å². The molecule has 0 atom stereocenters. The molecule has 0 saturated carbocycles. The van der Waals surface area contributed by atoms with Gasteiger partial charge in [-0.1, -0.05) is 50.9 Å². The van der Waals surface area contributed by atoms with Crippen molar-refractivity contribution in [2.24, 2.45) is 0 Å². The van der Waals surface area contributed by atoms with Gasteiger partial charge in [0.2, 0.25) is 0 Å². The number of anilines is 1. The molecule has 0 fully saturated rings. The van der Waals surface area contributed by atoms with Crippen LogP contribution in [0.25, 0.3) is 22.5 Å². The second-order valence-corrected chi connectivity index (χ2v) is 6.84. The van der Waals surface area contributed by atoms with Crippen molar-refractivity contribution in [3.8, 4) is 22.5 Å². The number of halogens is 2. The lowest BCUT2D eigenvalue weighted by Crippen LogP contribution is -1.90. The number of nitrogens with two attached hydrogens (primary N) is 1. The van der Waals surface area contributed by atoms with E-state index in [1.54, 1.807) is 0 Å². The summed E-state index contributed by atoms with van der Waals surface area (Å²) in [5.74, 6) is 1.11. The smallest absolute Gasteiger partial charge is 0.178 e. The summed E-state index contributed by atoms with van der Waals surface area (Å²) >= 11 is 5.78.